The highest BCUT2D eigenvalue weighted by Crippen LogP contribution is 2.26. The number of hydrogen-bond donors (Lipinski definition) is 3. The minimum absolute atomic E-state index is 0.0179. The molecule has 0 spiro atoms. The van der Waals surface area contributed by atoms with Crippen LogP contribution < -0.4 is 15.4 Å². The fourth-order valence-corrected chi connectivity index (χ4v) is 4.01. The highest BCUT2D eigenvalue weighted by Gasteiger charge is 2.19. The summed E-state index contributed by atoms with van der Waals surface area (Å²) >= 11 is 6.03. The quantitative estimate of drug-likeness (QED) is 0.386. The monoisotopic (exact) mass is 446 g/mol. The van der Waals surface area contributed by atoms with Crippen molar-refractivity contribution in [1.82, 2.24) is 10.6 Å². The minimum atomic E-state index is -0.604. The molecule has 2 aromatic carbocycles. The molecule has 0 radical (unpaired) electrons. The van der Waals surface area contributed by atoms with Crippen molar-refractivity contribution < 1.29 is 19.4 Å². The molecule has 3 N–H and O–H groups in total. The maximum atomic E-state index is 11.8. The van der Waals surface area contributed by atoms with Crippen molar-refractivity contribution in [1.29, 1.82) is 0 Å². The van der Waals surface area contributed by atoms with Gasteiger partial charge in [-0.05, 0) is 66.6 Å². The van der Waals surface area contributed by atoms with Crippen LogP contribution in [0.25, 0.3) is 0 Å². The van der Waals surface area contributed by atoms with Crippen LogP contribution in [0.3, 0.4) is 0 Å². The van der Waals surface area contributed by atoms with Gasteiger partial charge in [-0.2, -0.15) is 0 Å². The second kappa shape index (κ2) is 12.1. The van der Waals surface area contributed by atoms with Crippen LogP contribution in [-0.2, 0) is 22.4 Å². The zero-order valence-electron chi connectivity index (χ0n) is 17.9. The molecule has 3 rings (SSSR count). The Labute approximate surface area is 188 Å². The molecule has 1 amide bonds. The van der Waals surface area contributed by atoms with Gasteiger partial charge in [0.15, 0.2) is 6.61 Å². The SMILES string of the molecule is COCCNC(=O)COc1ccc2c(c1)CC(NCC(O)c1cccc(Cl)c1)CCC2. The third kappa shape index (κ3) is 7.51. The van der Waals surface area contributed by atoms with Gasteiger partial charge in [-0.15, -0.1) is 0 Å². The number of fused-ring (bicyclic) bond motifs is 1. The number of nitrogens with one attached hydrogen (secondary N) is 2. The van der Waals surface area contributed by atoms with Crippen molar-refractivity contribution in [2.24, 2.45) is 0 Å². The summed E-state index contributed by atoms with van der Waals surface area (Å²) in [6.07, 6.45) is 3.39. The Kier molecular flexibility index (Phi) is 9.15. The Hall–Kier alpha value is -2.12. The Balaban J connectivity index is 1.54. The van der Waals surface area contributed by atoms with Crippen LogP contribution in [-0.4, -0.2) is 50.5 Å². The lowest BCUT2D eigenvalue weighted by Crippen LogP contribution is -2.34. The lowest BCUT2D eigenvalue weighted by Gasteiger charge is -2.20. The second-order valence-corrected chi connectivity index (χ2v) is 8.27. The number of ether oxygens (including phenoxy) is 2. The molecule has 0 aromatic heterocycles. The summed E-state index contributed by atoms with van der Waals surface area (Å²) in [5.41, 5.74) is 3.36. The van der Waals surface area contributed by atoms with Crippen LogP contribution in [0, 0.1) is 0 Å². The van der Waals surface area contributed by atoms with Gasteiger partial charge in [-0.25, -0.2) is 0 Å². The van der Waals surface area contributed by atoms with Gasteiger partial charge < -0.3 is 25.2 Å². The first-order chi connectivity index (χ1) is 15.0. The van der Waals surface area contributed by atoms with E-state index in [-0.39, 0.29) is 18.6 Å². The van der Waals surface area contributed by atoms with E-state index < -0.39 is 6.10 Å². The van der Waals surface area contributed by atoms with E-state index in [1.54, 1.807) is 19.2 Å². The summed E-state index contributed by atoms with van der Waals surface area (Å²) < 4.78 is 10.6. The first-order valence-electron chi connectivity index (χ1n) is 10.7. The fourth-order valence-electron chi connectivity index (χ4n) is 3.81. The number of amides is 1. The predicted molar refractivity (Wildman–Crippen MR) is 122 cm³/mol. The second-order valence-electron chi connectivity index (χ2n) is 7.83. The number of benzene rings is 2. The molecule has 2 atom stereocenters. The van der Waals surface area contributed by atoms with Crippen LogP contribution in [0.5, 0.6) is 5.75 Å². The van der Waals surface area contributed by atoms with Crippen molar-refractivity contribution in [2.75, 3.05) is 33.4 Å². The molecule has 0 saturated carbocycles. The van der Waals surface area contributed by atoms with Crippen LogP contribution in [0.1, 0.15) is 35.6 Å². The first-order valence-corrected chi connectivity index (χ1v) is 11.1. The molecule has 168 valence electrons. The van der Waals surface area contributed by atoms with Gasteiger partial charge >= 0.3 is 0 Å². The van der Waals surface area contributed by atoms with E-state index in [0.717, 1.165) is 31.2 Å². The van der Waals surface area contributed by atoms with E-state index in [9.17, 15) is 9.90 Å². The number of aryl methyl sites for hydroxylation is 1. The molecule has 0 fully saturated rings. The van der Waals surface area contributed by atoms with E-state index in [1.807, 2.05) is 24.3 Å². The van der Waals surface area contributed by atoms with Gasteiger partial charge in [-0.1, -0.05) is 29.8 Å². The standard InChI is InChI=1S/C24H31ClN2O4/c1-30-11-10-26-24(29)16-31-22-9-8-17-4-3-7-21(13-19(17)14-22)27-15-23(28)18-5-2-6-20(25)12-18/h2,5-6,8-9,12,14,21,23,27-28H,3-4,7,10-11,13,15-16H2,1H3,(H,26,29). The van der Waals surface area contributed by atoms with Gasteiger partial charge in [0, 0.05) is 31.3 Å². The number of methoxy groups -OCH3 is 1. The van der Waals surface area contributed by atoms with Gasteiger partial charge in [-0.3, -0.25) is 4.79 Å². The Morgan fingerprint density at radius 1 is 1.26 bits per heavy atom. The van der Waals surface area contributed by atoms with Gasteiger partial charge in [0.25, 0.3) is 5.91 Å². The molecular formula is C24H31ClN2O4. The highest BCUT2D eigenvalue weighted by molar-refractivity contribution is 6.30. The van der Waals surface area contributed by atoms with Gasteiger partial charge in [0.1, 0.15) is 5.75 Å². The fraction of sp³-hybridized carbons (Fsp3) is 0.458. The van der Waals surface area contributed by atoms with E-state index in [1.165, 1.54) is 11.1 Å². The topological polar surface area (TPSA) is 79.8 Å². The third-order valence-electron chi connectivity index (χ3n) is 5.47. The Bertz CT molecular complexity index is 861. The van der Waals surface area contributed by atoms with Crippen molar-refractivity contribution >= 4 is 17.5 Å². The van der Waals surface area contributed by atoms with Crippen LogP contribution in [0.15, 0.2) is 42.5 Å². The van der Waals surface area contributed by atoms with Crippen LogP contribution in [0.2, 0.25) is 5.02 Å². The summed E-state index contributed by atoms with van der Waals surface area (Å²) in [5, 5.41) is 17.4. The van der Waals surface area contributed by atoms with Gasteiger partial charge in [0.05, 0.1) is 12.7 Å². The molecule has 0 heterocycles. The van der Waals surface area contributed by atoms with Crippen LogP contribution >= 0.6 is 11.6 Å². The number of hydrogen-bond acceptors (Lipinski definition) is 5. The molecule has 7 heteroatoms. The summed E-state index contributed by atoms with van der Waals surface area (Å²) in [6.45, 7) is 1.40. The molecule has 6 nitrogen and oxygen atoms in total. The molecule has 1 aliphatic rings. The number of rotatable bonds is 10. The maximum absolute atomic E-state index is 11.8. The summed E-state index contributed by atoms with van der Waals surface area (Å²) in [4.78, 5) is 11.8. The Morgan fingerprint density at radius 2 is 2.13 bits per heavy atom. The molecule has 2 aromatic rings. The summed E-state index contributed by atoms with van der Waals surface area (Å²) in [7, 11) is 1.60. The van der Waals surface area contributed by atoms with Crippen molar-refractivity contribution in [3.63, 3.8) is 0 Å². The highest BCUT2D eigenvalue weighted by atomic mass is 35.5. The first kappa shape index (κ1) is 23.5. The number of aliphatic hydroxyl groups is 1. The summed E-state index contributed by atoms with van der Waals surface area (Å²) in [6, 6.07) is 13.7. The smallest absolute Gasteiger partial charge is 0.258 e. The Morgan fingerprint density at radius 3 is 2.94 bits per heavy atom. The largest absolute Gasteiger partial charge is 0.484 e. The molecule has 0 bridgehead atoms. The van der Waals surface area contributed by atoms with Crippen molar-refractivity contribution in [3.8, 4) is 5.75 Å². The van der Waals surface area contributed by atoms with E-state index in [4.69, 9.17) is 21.1 Å². The summed E-state index contributed by atoms with van der Waals surface area (Å²) in [5.74, 6) is 0.529. The lowest BCUT2D eigenvalue weighted by atomic mass is 10.0. The van der Waals surface area contributed by atoms with Crippen LogP contribution in [0.4, 0.5) is 0 Å². The maximum Gasteiger partial charge on any atom is 0.258 e. The number of aliphatic hydroxyl groups excluding tert-OH is 1. The molecule has 1 aliphatic carbocycles. The van der Waals surface area contributed by atoms with Crippen molar-refractivity contribution in [2.45, 2.75) is 37.8 Å². The lowest BCUT2D eigenvalue weighted by molar-refractivity contribution is -0.123. The zero-order chi connectivity index (χ0) is 22.1. The number of carbonyl (C=O) groups excluding carboxylic acids is 1. The number of halogens is 1. The molecule has 0 aliphatic heterocycles. The molecule has 31 heavy (non-hydrogen) atoms. The zero-order valence-corrected chi connectivity index (χ0v) is 18.7. The average molecular weight is 447 g/mol. The van der Waals surface area contributed by atoms with Crippen molar-refractivity contribution in [3.05, 3.63) is 64.2 Å². The molecular weight excluding hydrogens is 416 g/mol. The van der Waals surface area contributed by atoms with E-state index in [2.05, 4.69) is 16.7 Å². The minimum Gasteiger partial charge on any atom is -0.484 e. The normalized spacial score (nSPS) is 16.8. The average Bonchev–Trinajstić information content (AvgIpc) is 2.97. The third-order valence-corrected chi connectivity index (χ3v) is 5.71. The number of carbonyl (C=O) groups is 1. The van der Waals surface area contributed by atoms with E-state index in [0.29, 0.717) is 30.5 Å². The molecule has 0 saturated heterocycles. The van der Waals surface area contributed by atoms with E-state index >= 15 is 0 Å². The predicted octanol–water partition coefficient (Wildman–Crippen LogP) is 3.05. The molecule has 2 unspecified atom stereocenters. The van der Waals surface area contributed by atoms with Gasteiger partial charge in [0.2, 0.25) is 0 Å².